The summed E-state index contributed by atoms with van der Waals surface area (Å²) in [5.41, 5.74) is 4.43. The molecule has 19 heavy (non-hydrogen) atoms. The van der Waals surface area contributed by atoms with Gasteiger partial charge in [-0.3, -0.25) is 0 Å². The highest BCUT2D eigenvalue weighted by Crippen LogP contribution is 2.34. The summed E-state index contributed by atoms with van der Waals surface area (Å²) >= 11 is 0. The Bertz CT molecular complexity index is 733. The molecule has 1 saturated heterocycles. The van der Waals surface area contributed by atoms with Gasteiger partial charge in [0.2, 0.25) is 0 Å². The van der Waals surface area contributed by atoms with E-state index in [0.717, 1.165) is 23.4 Å². The molecule has 0 bridgehead atoms. The van der Waals surface area contributed by atoms with Crippen LogP contribution in [0.2, 0.25) is 0 Å². The lowest BCUT2D eigenvalue weighted by molar-refractivity contribution is 0.416. The second-order valence-corrected chi connectivity index (χ2v) is 4.80. The van der Waals surface area contributed by atoms with Gasteiger partial charge >= 0.3 is 0 Å². The largest absolute Gasteiger partial charge is 0.368 e. The number of pyridine rings is 1. The third-order valence-corrected chi connectivity index (χ3v) is 3.50. The second kappa shape index (κ2) is 4.18. The predicted octanol–water partition coefficient (Wildman–Crippen LogP) is 3.97. The Kier molecular flexibility index (Phi) is 2.35. The maximum absolute atomic E-state index is 5.41. The van der Waals surface area contributed by atoms with Gasteiger partial charge in [0.15, 0.2) is 0 Å². The molecule has 0 radical (unpaired) electrons. The molecular weight excluding hydrogens is 234 g/mol. The number of fused-ring (bicyclic) bond motifs is 1. The zero-order valence-corrected chi connectivity index (χ0v) is 10.4. The predicted molar refractivity (Wildman–Crippen MR) is 75.9 cm³/mol. The number of hydrogen-bond acceptors (Lipinski definition) is 2. The number of nitrogens with zero attached hydrogens (tertiary/aromatic N) is 1. The van der Waals surface area contributed by atoms with Gasteiger partial charge in [0.25, 0.3) is 0 Å². The smallest absolute Gasteiger partial charge is 0.108 e. The van der Waals surface area contributed by atoms with Crippen LogP contribution in [0.25, 0.3) is 22.2 Å². The van der Waals surface area contributed by atoms with Crippen LogP contribution >= 0.6 is 0 Å². The van der Waals surface area contributed by atoms with E-state index < -0.39 is 0 Å². The van der Waals surface area contributed by atoms with Gasteiger partial charge in [-0.1, -0.05) is 54.6 Å². The number of ether oxygens (including phenoxy) is 1. The molecule has 2 heteroatoms. The molecule has 1 unspecified atom stereocenters. The summed E-state index contributed by atoms with van der Waals surface area (Å²) in [4.78, 5) is 4.83. The highest BCUT2D eigenvalue weighted by Gasteiger charge is 2.27. The standard InChI is InChI=1S/C17H13NO/c1-2-5-12(6-3-1)15-10-9-13-7-4-8-14(16-11-19-16)17(13)18-15/h1-10,16H,11H2. The van der Waals surface area contributed by atoms with E-state index in [1.807, 2.05) is 18.2 Å². The van der Waals surface area contributed by atoms with Gasteiger partial charge in [-0.05, 0) is 6.07 Å². The van der Waals surface area contributed by atoms with Crippen molar-refractivity contribution < 1.29 is 4.74 Å². The first-order valence-corrected chi connectivity index (χ1v) is 6.48. The Morgan fingerprint density at radius 1 is 0.895 bits per heavy atom. The molecule has 4 rings (SSSR count). The summed E-state index contributed by atoms with van der Waals surface area (Å²) < 4.78 is 5.41. The summed E-state index contributed by atoms with van der Waals surface area (Å²) in [6.45, 7) is 0.816. The van der Waals surface area contributed by atoms with Crippen molar-refractivity contribution in [1.29, 1.82) is 0 Å². The van der Waals surface area contributed by atoms with E-state index in [4.69, 9.17) is 9.72 Å². The van der Waals surface area contributed by atoms with Crippen LogP contribution in [0.4, 0.5) is 0 Å². The molecule has 0 aliphatic carbocycles. The van der Waals surface area contributed by atoms with Gasteiger partial charge < -0.3 is 4.74 Å². The average molecular weight is 247 g/mol. The van der Waals surface area contributed by atoms with Crippen molar-refractivity contribution in [3.8, 4) is 11.3 Å². The zero-order chi connectivity index (χ0) is 12.7. The monoisotopic (exact) mass is 247 g/mol. The molecule has 1 aliphatic heterocycles. The number of benzene rings is 2. The first-order valence-electron chi connectivity index (χ1n) is 6.48. The topological polar surface area (TPSA) is 25.4 Å². The van der Waals surface area contributed by atoms with Crippen LogP contribution in [0.1, 0.15) is 11.7 Å². The Morgan fingerprint density at radius 3 is 2.53 bits per heavy atom. The minimum absolute atomic E-state index is 0.238. The van der Waals surface area contributed by atoms with Crippen LogP contribution in [-0.4, -0.2) is 11.6 Å². The third-order valence-electron chi connectivity index (χ3n) is 3.50. The van der Waals surface area contributed by atoms with Crippen LogP contribution in [-0.2, 0) is 4.74 Å². The summed E-state index contributed by atoms with van der Waals surface area (Å²) in [5.74, 6) is 0. The summed E-state index contributed by atoms with van der Waals surface area (Å²) in [6, 6.07) is 20.8. The van der Waals surface area contributed by atoms with Crippen molar-refractivity contribution in [2.45, 2.75) is 6.10 Å². The minimum atomic E-state index is 0.238. The molecule has 2 aromatic carbocycles. The van der Waals surface area contributed by atoms with Gasteiger partial charge in [-0.15, -0.1) is 0 Å². The fraction of sp³-hybridized carbons (Fsp3) is 0.118. The first-order chi connectivity index (χ1) is 9.42. The molecular formula is C17H13NO. The average Bonchev–Trinajstić information content (AvgIpc) is 3.32. The highest BCUT2D eigenvalue weighted by atomic mass is 16.6. The molecule has 1 atom stereocenters. The van der Waals surface area contributed by atoms with Crippen molar-refractivity contribution >= 4 is 10.9 Å². The van der Waals surface area contributed by atoms with E-state index in [-0.39, 0.29) is 6.10 Å². The van der Waals surface area contributed by atoms with Crippen molar-refractivity contribution in [3.05, 3.63) is 66.2 Å². The lowest BCUT2D eigenvalue weighted by Crippen LogP contribution is -1.90. The van der Waals surface area contributed by atoms with Gasteiger partial charge in [0.05, 0.1) is 17.8 Å². The minimum Gasteiger partial charge on any atom is -0.368 e. The maximum atomic E-state index is 5.41. The van der Waals surface area contributed by atoms with Gasteiger partial charge in [0.1, 0.15) is 6.10 Å². The van der Waals surface area contributed by atoms with E-state index >= 15 is 0 Å². The molecule has 1 aromatic heterocycles. The summed E-state index contributed by atoms with van der Waals surface area (Å²) in [6.07, 6.45) is 0.238. The quantitative estimate of drug-likeness (QED) is 0.640. The first kappa shape index (κ1) is 10.7. The molecule has 2 nitrogen and oxygen atoms in total. The molecule has 3 aromatic rings. The van der Waals surface area contributed by atoms with Crippen LogP contribution in [0.15, 0.2) is 60.7 Å². The van der Waals surface area contributed by atoms with E-state index in [2.05, 4.69) is 42.5 Å². The molecule has 0 N–H and O–H groups in total. The number of aromatic nitrogens is 1. The van der Waals surface area contributed by atoms with Crippen LogP contribution in [0.3, 0.4) is 0 Å². The van der Waals surface area contributed by atoms with Gasteiger partial charge in [0, 0.05) is 16.5 Å². The Labute approximate surface area is 111 Å². The molecule has 2 heterocycles. The van der Waals surface area contributed by atoms with E-state index in [0.29, 0.717) is 0 Å². The third kappa shape index (κ3) is 1.90. The highest BCUT2D eigenvalue weighted by molar-refractivity contribution is 5.85. The van der Waals surface area contributed by atoms with Crippen molar-refractivity contribution in [1.82, 2.24) is 4.98 Å². The van der Waals surface area contributed by atoms with Crippen molar-refractivity contribution in [2.24, 2.45) is 0 Å². The Hall–Kier alpha value is -2.19. The molecule has 1 aliphatic rings. The molecule has 0 amide bonds. The van der Waals surface area contributed by atoms with E-state index in [1.54, 1.807) is 0 Å². The van der Waals surface area contributed by atoms with Crippen LogP contribution in [0, 0.1) is 0 Å². The number of hydrogen-bond donors (Lipinski definition) is 0. The van der Waals surface area contributed by atoms with Crippen molar-refractivity contribution in [2.75, 3.05) is 6.61 Å². The number of rotatable bonds is 2. The van der Waals surface area contributed by atoms with E-state index in [1.165, 1.54) is 10.9 Å². The van der Waals surface area contributed by atoms with Crippen LogP contribution in [0.5, 0.6) is 0 Å². The second-order valence-electron chi connectivity index (χ2n) is 4.80. The summed E-state index contributed by atoms with van der Waals surface area (Å²) in [7, 11) is 0. The lowest BCUT2D eigenvalue weighted by Gasteiger charge is -2.06. The van der Waals surface area contributed by atoms with Gasteiger partial charge in [-0.25, -0.2) is 4.98 Å². The molecule has 92 valence electrons. The normalized spacial score (nSPS) is 17.6. The maximum Gasteiger partial charge on any atom is 0.108 e. The zero-order valence-electron chi connectivity index (χ0n) is 10.4. The van der Waals surface area contributed by atoms with Crippen molar-refractivity contribution in [3.63, 3.8) is 0 Å². The number of epoxide rings is 1. The summed E-state index contributed by atoms with van der Waals surface area (Å²) in [5, 5.41) is 1.17. The SMILES string of the molecule is c1ccc(-c2ccc3cccc(C4CO4)c3n2)cc1. The van der Waals surface area contributed by atoms with E-state index in [9.17, 15) is 0 Å². The molecule has 0 spiro atoms. The molecule has 1 fully saturated rings. The Morgan fingerprint density at radius 2 is 1.74 bits per heavy atom. The fourth-order valence-corrected chi connectivity index (χ4v) is 2.43. The molecule has 0 saturated carbocycles. The van der Waals surface area contributed by atoms with Crippen LogP contribution < -0.4 is 0 Å². The lowest BCUT2D eigenvalue weighted by atomic mass is 10.1. The number of para-hydroxylation sites is 1. The fourth-order valence-electron chi connectivity index (χ4n) is 2.43. The van der Waals surface area contributed by atoms with Gasteiger partial charge in [-0.2, -0.15) is 0 Å². The Balaban J connectivity index is 1.93.